The zero-order valence-corrected chi connectivity index (χ0v) is 5.37. The predicted molar refractivity (Wildman–Crippen MR) is 34.5 cm³/mol. The molecule has 1 unspecified atom stereocenters. The van der Waals surface area contributed by atoms with E-state index >= 15 is 0 Å². The number of hydrogen-bond donors (Lipinski definition) is 2. The van der Waals surface area contributed by atoms with Crippen molar-refractivity contribution in [2.75, 3.05) is 6.54 Å². The van der Waals surface area contributed by atoms with Gasteiger partial charge < -0.3 is 4.74 Å². The molecule has 4 heteroatoms. The highest BCUT2D eigenvalue weighted by atomic mass is 16.6. The molecule has 1 rings (SSSR count). The molecule has 0 amide bonds. The Bertz CT molecular complexity index is 185. The molecular formula is C6H8N2O2. The van der Waals surface area contributed by atoms with Crippen molar-refractivity contribution in [2.24, 2.45) is 0 Å². The molecule has 1 atom stereocenters. The van der Waals surface area contributed by atoms with Crippen LogP contribution in [0, 0.1) is 17.8 Å². The zero-order chi connectivity index (χ0) is 7.56. The zero-order valence-electron chi connectivity index (χ0n) is 5.37. The number of terminal acetylenes is 1. The molecule has 1 heterocycles. The number of amidine groups is 1. The minimum absolute atomic E-state index is 0.269. The summed E-state index contributed by atoms with van der Waals surface area (Å²) < 4.78 is 4.77. The second-order valence-corrected chi connectivity index (χ2v) is 1.99. The average Bonchev–Trinajstić information content (AvgIpc) is 1.95. The monoisotopic (exact) mass is 140 g/mol. The van der Waals surface area contributed by atoms with Crippen molar-refractivity contribution in [3.63, 3.8) is 0 Å². The van der Waals surface area contributed by atoms with E-state index in [1.54, 1.807) is 0 Å². The summed E-state index contributed by atoms with van der Waals surface area (Å²) in [7, 11) is 0. The van der Waals surface area contributed by atoms with Crippen LogP contribution in [0.2, 0.25) is 0 Å². The Labute approximate surface area is 58.9 Å². The van der Waals surface area contributed by atoms with Gasteiger partial charge in [-0.05, 0) is 0 Å². The summed E-state index contributed by atoms with van der Waals surface area (Å²) in [6.45, 7) is 0.369. The van der Waals surface area contributed by atoms with Crippen LogP contribution in [-0.2, 0) is 4.74 Å². The largest absolute Gasteiger partial charge is 0.447 e. The maximum Gasteiger partial charge on any atom is 0.310 e. The third kappa shape index (κ3) is 1.20. The number of hydroxylamine groups is 2. The summed E-state index contributed by atoms with van der Waals surface area (Å²) in [6, 6.07) is -0.269. The van der Waals surface area contributed by atoms with Gasteiger partial charge in [0.25, 0.3) is 0 Å². The lowest BCUT2D eigenvalue weighted by molar-refractivity contribution is -0.0736. The van der Waals surface area contributed by atoms with E-state index in [0.717, 1.165) is 5.06 Å². The molecule has 0 aromatic rings. The summed E-state index contributed by atoms with van der Waals surface area (Å²) >= 11 is 0. The minimum Gasteiger partial charge on any atom is -0.447 e. The molecule has 0 radical (unpaired) electrons. The van der Waals surface area contributed by atoms with Crippen molar-refractivity contribution >= 4 is 6.02 Å². The second kappa shape index (κ2) is 2.58. The van der Waals surface area contributed by atoms with Crippen molar-refractivity contribution in [1.29, 1.82) is 5.41 Å². The first-order valence-electron chi connectivity index (χ1n) is 2.92. The Balaban J connectivity index is 2.50. The summed E-state index contributed by atoms with van der Waals surface area (Å²) in [5.74, 6) is 2.35. The molecule has 0 aliphatic carbocycles. The summed E-state index contributed by atoms with van der Waals surface area (Å²) in [6.07, 6.45) is 5.25. The molecule has 2 N–H and O–H groups in total. The van der Waals surface area contributed by atoms with Gasteiger partial charge in [-0.2, -0.15) is 0 Å². The number of rotatable bonds is 0. The SMILES string of the molecule is C#CC1CCN(O)C(=N)O1. The molecule has 1 aliphatic heterocycles. The van der Waals surface area contributed by atoms with Gasteiger partial charge in [0.15, 0.2) is 6.10 Å². The van der Waals surface area contributed by atoms with Crippen molar-refractivity contribution < 1.29 is 9.94 Å². The van der Waals surface area contributed by atoms with Gasteiger partial charge in [-0.15, -0.1) is 6.42 Å². The van der Waals surface area contributed by atoms with Crippen LogP contribution in [0.5, 0.6) is 0 Å². The Morgan fingerprint density at radius 1 is 1.90 bits per heavy atom. The van der Waals surface area contributed by atoms with Gasteiger partial charge in [0.1, 0.15) is 0 Å². The van der Waals surface area contributed by atoms with Crippen molar-refractivity contribution in [3.05, 3.63) is 0 Å². The fourth-order valence-corrected chi connectivity index (χ4v) is 0.713. The van der Waals surface area contributed by atoms with Gasteiger partial charge in [0, 0.05) is 6.42 Å². The van der Waals surface area contributed by atoms with Gasteiger partial charge in [-0.1, -0.05) is 5.92 Å². The van der Waals surface area contributed by atoms with Crippen LogP contribution in [0.1, 0.15) is 6.42 Å². The summed E-state index contributed by atoms with van der Waals surface area (Å²) in [5, 5.41) is 16.5. The lowest BCUT2D eigenvalue weighted by Crippen LogP contribution is -2.39. The van der Waals surface area contributed by atoms with Crippen LogP contribution in [-0.4, -0.2) is 28.9 Å². The van der Waals surface area contributed by atoms with E-state index < -0.39 is 0 Å². The molecular weight excluding hydrogens is 132 g/mol. The Kier molecular flexibility index (Phi) is 1.78. The molecule has 54 valence electrons. The number of hydrogen-bond acceptors (Lipinski definition) is 3. The Morgan fingerprint density at radius 2 is 2.60 bits per heavy atom. The van der Waals surface area contributed by atoms with E-state index in [1.807, 2.05) is 0 Å². The van der Waals surface area contributed by atoms with E-state index in [9.17, 15) is 0 Å². The maximum absolute atomic E-state index is 8.81. The third-order valence-electron chi connectivity index (χ3n) is 1.28. The summed E-state index contributed by atoms with van der Waals surface area (Å²) in [5.41, 5.74) is 0. The minimum atomic E-state index is -0.351. The first kappa shape index (κ1) is 6.90. The average molecular weight is 140 g/mol. The predicted octanol–water partition coefficient (Wildman–Crippen LogP) is 0.0345. The third-order valence-corrected chi connectivity index (χ3v) is 1.28. The molecule has 1 saturated heterocycles. The first-order chi connectivity index (χ1) is 4.74. The molecule has 0 saturated carbocycles. The molecule has 10 heavy (non-hydrogen) atoms. The van der Waals surface area contributed by atoms with Crippen molar-refractivity contribution in [2.45, 2.75) is 12.5 Å². The smallest absolute Gasteiger partial charge is 0.310 e. The highest BCUT2D eigenvalue weighted by Gasteiger charge is 2.20. The van der Waals surface area contributed by atoms with Crippen LogP contribution >= 0.6 is 0 Å². The number of nitrogens with one attached hydrogen (secondary N) is 1. The quantitative estimate of drug-likeness (QED) is 0.467. The van der Waals surface area contributed by atoms with Crippen molar-refractivity contribution in [1.82, 2.24) is 5.06 Å². The standard InChI is InChI=1S/C6H8N2O2/c1-2-5-3-4-8(9)6(7)10-5/h1,5,7,9H,3-4H2. The molecule has 0 spiro atoms. The lowest BCUT2D eigenvalue weighted by Gasteiger charge is -2.26. The second-order valence-electron chi connectivity index (χ2n) is 1.99. The van der Waals surface area contributed by atoms with Gasteiger partial charge >= 0.3 is 6.02 Å². The van der Waals surface area contributed by atoms with Gasteiger partial charge in [-0.3, -0.25) is 5.21 Å². The number of nitrogens with zero attached hydrogens (tertiary/aromatic N) is 1. The lowest BCUT2D eigenvalue weighted by atomic mass is 10.2. The Morgan fingerprint density at radius 3 is 3.10 bits per heavy atom. The maximum atomic E-state index is 8.81. The van der Waals surface area contributed by atoms with Gasteiger partial charge in [0.2, 0.25) is 0 Å². The van der Waals surface area contributed by atoms with Crippen LogP contribution in [0.15, 0.2) is 0 Å². The van der Waals surface area contributed by atoms with Crippen LogP contribution in [0.4, 0.5) is 0 Å². The van der Waals surface area contributed by atoms with Gasteiger partial charge in [0.05, 0.1) is 6.54 Å². The van der Waals surface area contributed by atoms with Crippen LogP contribution < -0.4 is 0 Å². The number of ether oxygens (including phenoxy) is 1. The fourth-order valence-electron chi connectivity index (χ4n) is 0.713. The van der Waals surface area contributed by atoms with E-state index in [2.05, 4.69) is 5.92 Å². The molecule has 1 fully saturated rings. The highest BCUT2D eigenvalue weighted by Crippen LogP contribution is 2.07. The van der Waals surface area contributed by atoms with Crippen molar-refractivity contribution in [3.8, 4) is 12.3 Å². The van der Waals surface area contributed by atoms with E-state index in [4.69, 9.17) is 21.8 Å². The topological polar surface area (TPSA) is 56.5 Å². The molecule has 0 aromatic carbocycles. The van der Waals surface area contributed by atoms with Crippen LogP contribution in [0.3, 0.4) is 0 Å². The normalized spacial score (nSPS) is 25.4. The molecule has 4 nitrogen and oxygen atoms in total. The van der Waals surface area contributed by atoms with E-state index in [-0.39, 0.29) is 12.1 Å². The fraction of sp³-hybridized carbons (Fsp3) is 0.500. The highest BCUT2D eigenvalue weighted by molar-refractivity contribution is 5.70. The Hall–Kier alpha value is -1.21. The summed E-state index contributed by atoms with van der Waals surface area (Å²) in [4.78, 5) is 0. The van der Waals surface area contributed by atoms with Gasteiger partial charge in [-0.25, -0.2) is 10.5 Å². The van der Waals surface area contributed by atoms with E-state index in [0.29, 0.717) is 13.0 Å². The first-order valence-corrected chi connectivity index (χ1v) is 2.92. The molecule has 0 bridgehead atoms. The van der Waals surface area contributed by atoms with Crippen LogP contribution in [0.25, 0.3) is 0 Å². The molecule has 0 aromatic heterocycles. The molecule has 1 aliphatic rings. The van der Waals surface area contributed by atoms with E-state index in [1.165, 1.54) is 0 Å².